The van der Waals surface area contributed by atoms with Gasteiger partial charge in [0.2, 0.25) is 5.96 Å². The van der Waals surface area contributed by atoms with Gasteiger partial charge in [-0.1, -0.05) is 36.4 Å². The first-order valence-electron chi connectivity index (χ1n) is 10.7. The first-order chi connectivity index (χ1) is 16.1. The standard InChI is InChI=1S/C24H28N4O4S2/c1-33(29,30)22-13-7-19(8-14-22)5-11-21(27-28-24-25-17-3-4-18-26-24)12-6-20-9-15-23(16-10-20)34(2,31)32/h5-16H,3-4,17-18H2,1-2H3,(H2,25,26,28). The van der Waals surface area contributed by atoms with Gasteiger partial charge in [0.1, 0.15) is 0 Å². The van der Waals surface area contributed by atoms with Crippen molar-refractivity contribution in [1.29, 1.82) is 0 Å². The zero-order valence-corrected chi connectivity index (χ0v) is 20.7. The molecule has 0 atom stereocenters. The number of benzene rings is 2. The second-order valence-electron chi connectivity index (χ2n) is 7.86. The van der Waals surface area contributed by atoms with Crippen LogP contribution in [0.3, 0.4) is 0 Å². The van der Waals surface area contributed by atoms with Gasteiger partial charge in [-0.3, -0.25) is 4.99 Å². The largest absolute Gasteiger partial charge is 0.355 e. The lowest BCUT2D eigenvalue weighted by molar-refractivity contribution is 0.600. The minimum absolute atomic E-state index is 0.259. The van der Waals surface area contributed by atoms with Gasteiger partial charge in [0.05, 0.1) is 15.5 Å². The second kappa shape index (κ2) is 11.3. The molecule has 10 heteroatoms. The van der Waals surface area contributed by atoms with Crippen molar-refractivity contribution in [2.45, 2.75) is 22.6 Å². The van der Waals surface area contributed by atoms with Crippen molar-refractivity contribution in [1.82, 2.24) is 10.7 Å². The van der Waals surface area contributed by atoms with Gasteiger partial charge in [0, 0.05) is 25.6 Å². The first-order valence-corrected chi connectivity index (χ1v) is 14.5. The molecule has 0 aliphatic carbocycles. The molecule has 0 spiro atoms. The van der Waals surface area contributed by atoms with Crippen LogP contribution < -0.4 is 10.7 Å². The van der Waals surface area contributed by atoms with Crippen molar-refractivity contribution < 1.29 is 16.8 Å². The SMILES string of the molecule is CS(=O)(=O)c1ccc(C=CC(C=Cc2ccc(S(C)(=O)=O)cc2)=NNC2=NCCCCN2)cc1. The Morgan fingerprint density at radius 3 is 1.82 bits per heavy atom. The highest BCUT2D eigenvalue weighted by atomic mass is 32.2. The molecule has 2 aromatic rings. The van der Waals surface area contributed by atoms with Crippen molar-refractivity contribution >= 4 is 43.5 Å². The third-order valence-corrected chi connectivity index (χ3v) is 7.20. The van der Waals surface area contributed by atoms with Crippen LogP contribution in [0, 0.1) is 0 Å². The molecule has 2 aromatic carbocycles. The molecule has 1 aliphatic heterocycles. The van der Waals surface area contributed by atoms with Gasteiger partial charge in [0.25, 0.3) is 0 Å². The van der Waals surface area contributed by atoms with Crippen molar-refractivity contribution in [3.05, 3.63) is 71.8 Å². The van der Waals surface area contributed by atoms with Crippen LogP contribution in [0.15, 0.2) is 80.6 Å². The Bertz CT molecular complexity index is 1240. The Labute approximate surface area is 201 Å². The minimum Gasteiger partial charge on any atom is -0.355 e. The van der Waals surface area contributed by atoms with Gasteiger partial charge < -0.3 is 5.32 Å². The van der Waals surface area contributed by atoms with Crippen molar-refractivity contribution in [3.8, 4) is 0 Å². The van der Waals surface area contributed by atoms with Crippen LogP contribution in [0.5, 0.6) is 0 Å². The zero-order valence-electron chi connectivity index (χ0n) is 19.1. The number of nitrogens with zero attached hydrogens (tertiary/aromatic N) is 2. The molecule has 0 aromatic heterocycles. The van der Waals surface area contributed by atoms with E-state index in [0.717, 1.165) is 37.1 Å². The number of rotatable bonds is 7. The number of hydrogen-bond donors (Lipinski definition) is 2. The first kappa shape index (κ1) is 25.4. The zero-order chi connectivity index (χ0) is 24.6. The lowest BCUT2D eigenvalue weighted by Crippen LogP contribution is -2.34. The molecule has 0 saturated heterocycles. The average Bonchev–Trinajstić information content (AvgIpc) is 3.07. The van der Waals surface area contributed by atoms with Gasteiger partial charge in [-0.15, -0.1) is 0 Å². The molecule has 1 heterocycles. The molecule has 0 fully saturated rings. The number of hydrogen-bond acceptors (Lipinski definition) is 8. The minimum atomic E-state index is -3.25. The molecule has 1 aliphatic rings. The van der Waals surface area contributed by atoms with Crippen molar-refractivity contribution in [2.75, 3.05) is 25.6 Å². The Morgan fingerprint density at radius 1 is 0.853 bits per heavy atom. The fourth-order valence-corrected chi connectivity index (χ4v) is 4.29. The Morgan fingerprint density at radius 2 is 1.35 bits per heavy atom. The van der Waals surface area contributed by atoms with Gasteiger partial charge in [0.15, 0.2) is 19.7 Å². The highest BCUT2D eigenvalue weighted by Crippen LogP contribution is 2.13. The second-order valence-corrected chi connectivity index (χ2v) is 11.9. The fourth-order valence-electron chi connectivity index (χ4n) is 3.03. The lowest BCUT2D eigenvalue weighted by atomic mass is 10.1. The molecule has 8 nitrogen and oxygen atoms in total. The number of nitrogens with one attached hydrogen (secondary N) is 2. The third-order valence-electron chi connectivity index (χ3n) is 4.95. The number of sulfone groups is 2. The molecule has 0 unspecified atom stereocenters. The number of aliphatic imine (C=N–C) groups is 1. The van der Waals surface area contributed by atoms with Crippen LogP contribution in [-0.4, -0.2) is 54.1 Å². The van der Waals surface area contributed by atoms with E-state index in [-0.39, 0.29) is 9.79 Å². The quantitative estimate of drug-likeness (QED) is 0.446. The summed E-state index contributed by atoms with van der Waals surface area (Å²) in [5, 5.41) is 7.64. The normalized spacial score (nSPS) is 14.9. The summed E-state index contributed by atoms with van der Waals surface area (Å²) in [6, 6.07) is 13.2. The molecule has 2 N–H and O–H groups in total. The van der Waals surface area contributed by atoms with Gasteiger partial charge in [-0.25, -0.2) is 22.3 Å². The van der Waals surface area contributed by atoms with Crippen LogP contribution in [0.4, 0.5) is 0 Å². The summed E-state index contributed by atoms with van der Waals surface area (Å²) >= 11 is 0. The average molecular weight is 501 g/mol. The Kier molecular flexibility index (Phi) is 8.41. The van der Waals surface area contributed by atoms with E-state index in [2.05, 4.69) is 20.8 Å². The summed E-state index contributed by atoms with van der Waals surface area (Å²) in [5.41, 5.74) is 5.18. The summed E-state index contributed by atoms with van der Waals surface area (Å²) in [4.78, 5) is 4.94. The predicted octanol–water partition coefficient (Wildman–Crippen LogP) is 2.91. The molecular formula is C24H28N4O4S2. The number of guanidine groups is 1. The summed E-state index contributed by atoms with van der Waals surface area (Å²) in [5.74, 6) is 0.604. The maximum absolute atomic E-state index is 11.7. The van der Waals surface area contributed by atoms with Gasteiger partial charge in [-0.05, 0) is 60.4 Å². The monoisotopic (exact) mass is 500 g/mol. The summed E-state index contributed by atoms with van der Waals surface area (Å²) in [6.07, 6.45) is 11.6. The van der Waals surface area contributed by atoms with E-state index >= 15 is 0 Å². The van der Waals surface area contributed by atoms with Gasteiger partial charge in [-0.2, -0.15) is 5.10 Å². The predicted molar refractivity (Wildman–Crippen MR) is 137 cm³/mol. The highest BCUT2D eigenvalue weighted by Gasteiger charge is 2.06. The molecule has 34 heavy (non-hydrogen) atoms. The maximum atomic E-state index is 11.7. The molecule has 0 radical (unpaired) electrons. The summed E-state index contributed by atoms with van der Waals surface area (Å²) < 4.78 is 46.6. The van der Waals surface area contributed by atoms with Crippen LogP contribution in [0.2, 0.25) is 0 Å². The number of allylic oxidation sites excluding steroid dienone is 2. The van der Waals surface area contributed by atoms with Gasteiger partial charge >= 0.3 is 0 Å². The van der Waals surface area contributed by atoms with E-state index < -0.39 is 19.7 Å². The van der Waals surface area contributed by atoms with Crippen LogP contribution in [0.1, 0.15) is 24.0 Å². The summed E-state index contributed by atoms with van der Waals surface area (Å²) in [6.45, 7) is 1.55. The van der Waals surface area contributed by atoms with Crippen molar-refractivity contribution in [3.63, 3.8) is 0 Å². The molecule has 0 saturated carbocycles. The van der Waals surface area contributed by atoms with Crippen LogP contribution in [-0.2, 0) is 19.7 Å². The molecule has 3 rings (SSSR count). The van der Waals surface area contributed by atoms with Crippen LogP contribution >= 0.6 is 0 Å². The summed E-state index contributed by atoms with van der Waals surface area (Å²) in [7, 11) is -6.51. The molecular weight excluding hydrogens is 472 g/mol. The topological polar surface area (TPSA) is 117 Å². The van der Waals surface area contributed by atoms with Crippen molar-refractivity contribution in [2.24, 2.45) is 10.1 Å². The number of hydrazone groups is 1. The molecule has 0 bridgehead atoms. The third kappa shape index (κ3) is 7.96. The lowest BCUT2D eigenvalue weighted by Gasteiger charge is -2.06. The van der Waals surface area contributed by atoms with E-state index in [4.69, 9.17) is 0 Å². The van der Waals surface area contributed by atoms with Crippen LogP contribution in [0.25, 0.3) is 12.2 Å². The Balaban J connectivity index is 1.82. The Hall–Kier alpha value is -3.24. The molecule has 180 valence electrons. The highest BCUT2D eigenvalue weighted by molar-refractivity contribution is 7.91. The van der Waals surface area contributed by atoms with E-state index in [1.54, 1.807) is 60.7 Å². The molecule has 0 amide bonds. The smallest absolute Gasteiger partial charge is 0.212 e. The van der Waals surface area contributed by atoms with E-state index in [1.165, 1.54) is 12.5 Å². The van der Waals surface area contributed by atoms with E-state index in [0.29, 0.717) is 11.7 Å². The van der Waals surface area contributed by atoms with E-state index in [9.17, 15) is 16.8 Å². The van der Waals surface area contributed by atoms with E-state index in [1.807, 2.05) is 12.2 Å². The fraction of sp³-hybridized carbons (Fsp3) is 0.250. The maximum Gasteiger partial charge on any atom is 0.212 e.